The normalized spacial score (nSPS) is 11.3. The maximum atomic E-state index is 6.15. The molecule has 116 valence electrons. The molecular weight excluding hydrogens is 314 g/mol. The Kier molecular flexibility index (Phi) is 3.81. The number of nitrogens with two attached hydrogens (primary N) is 1. The molecule has 4 rings (SSSR count). The van der Waals surface area contributed by atoms with Gasteiger partial charge in [-0.15, -0.1) is 11.3 Å². The molecule has 0 amide bonds. The van der Waals surface area contributed by atoms with Crippen molar-refractivity contribution < 1.29 is 0 Å². The van der Waals surface area contributed by atoms with Gasteiger partial charge < -0.3 is 5.73 Å². The smallest absolute Gasteiger partial charge is 0.163 e. The summed E-state index contributed by atoms with van der Waals surface area (Å²) in [4.78, 5) is 11.2. The molecule has 0 unspecified atom stereocenters. The van der Waals surface area contributed by atoms with Gasteiger partial charge in [0.05, 0.1) is 5.39 Å². The summed E-state index contributed by atoms with van der Waals surface area (Å²) in [6.45, 7) is 0. The Morgan fingerprint density at radius 2 is 1.54 bits per heavy atom. The lowest BCUT2D eigenvalue weighted by Gasteiger charge is -2.01. The summed E-state index contributed by atoms with van der Waals surface area (Å²) in [5.74, 6) is 1.19. The first-order valence-corrected chi connectivity index (χ1v) is 8.47. The number of aromatic nitrogens is 2. The van der Waals surface area contributed by atoms with Crippen LogP contribution < -0.4 is 5.73 Å². The molecule has 2 aromatic heterocycles. The van der Waals surface area contributed by atoms with Crippen molar-refractivity contribution in [3.8, 4) is 11.4 Å². The number of nitrogens with zero attached hydrogens (tertiary/aromatic N) is 2. The van der Waals surface area contributed by atoms with E-state index in [1.54, 1.807) is 11.3 Å². The van der Waals surface area contributed by atoms with E-state index in [-0.39, 0.29) is 0 Å². The van der Waals surface area contributed by atoms with Gasteiger partial charge in [0, 0.05) is 10.4 Å². The van der Waals surface area contributed by atoms with Gasteiger partial charge in [0.2, 0.25) is 0 Å². The molecule has 0 aliphatic rings. The van der Waals surface area contributed by atoms with Gasteiger partial charge in [0.25, 0.3) is 0 Å². The quantitative estimate of drug-likeness (QED) is 0.568. The van der Waals surface area contributed by atoms with Crippen LogP contribution in [0, 0.1) is 0 Å². The third-order valence-corrected chi connectivity index (χ3v) is 4.71. The summed E-state index contributed by atoms with van der Waals surface area (Å²) >= 11 is 1.62. The SMILES string of the molecule is Nc1nc(-c2ccccc2)nc2sc(/C=C/c3ccccc3)cc12. The first kappa shape index (κ1) is 14.6. The second-order valence-corrected chi connectivity index (χ2v) is 6.47. The second kappa shape index (κ2) is 6.26. The molecule has 4 aromatic rings. The third-order valence-electron chi connectivity index (χ3n) is 3.71. The predicted molar refractivity (Wildman–Crippen MR) is 103 cm³/mol. The Hall–Kier alpha value is -2.98. The molecule has 0 saturated heterocycles. The number of hydrogen-bond acceptors (Lipinski definition) is 4. The molecular formula is C20H15N3S. The zero-order valence-electron chi connectivity index (χ0n) is 12.9. The van der Waals surface area contributed by atoms with E-state index >= 15 is 0 Å². The van der Waals surface area contributed by atoms with E-state index in [1.165, 1.54) is 5.56 Å². The van der Waals surface area contributed by atoms with Crippen molar-refractivity contribution in [2.75, 3.05) is 5.73 Å². The van der Waals surface area contributed by atoms with Gasteiger partial charge in [-0.2, -0.15) is 0 Å². The van der Waals surface area contributed by atoms with Gasteiger partial charge in [-0.3, -0.25) is 0 Å². The molecule has 24 heavy (non-hydrogen) atoms. The first-order valence-electron chi connectivity index (χ1n) is 7.65. The number of fused-ring (bicyclic) bond motifs is 1. The highest BCUT2D eigenvalue weighted by Crippen LogP contribution is 2.31. The van der Waals surface area contributed by atoms with Crippen LogP contribution in [0.5, 0.6) is 0 Å². The molecule has 2 heterocycles. The Balaban J connectivity index is 1.73. The summed E-state index contributed by atoms with van der Waals surface area (Å²) < 4.78 is 0. The average molecular weight is 329 g/mol. The second-order valence-electron chi connectivity index (χ2n) is 5.41. The van der Waals surface area contributed by atoms with E-state index < -0.39 is 0 Å². The molecule has 0 saturated carbocycles. The highest BCUT2D eigenvalue weighted by atomic mass is 32.1. The molecule has 2 N–H and O–H groups in total. The molecule has 0 aliphatic heterocycles. The predicted octanol–water partition coefficient (Wildman–Crippen LogP) is 5.11. The van der Waals surface area contributed by atoms with Crippen LogP contribution in [0.2, 0.25) is 0 Å². The van der Waals surface area contributed by atoms with Crippen molar-refractivity contribution >= 4 is 39.5 Å². The van der Waals surface area contributed by atoms with Crippen molar-refractivity contribution in [1.82, 2.24) is 9.97 Å². The zero-order chi connectivity index (χ0) is 16.4. The van der Waals surface area contributed by atoms with Gasteiger partial charge in [-0.1, -0.05) is 66.7 Å². The van der Waals surface area contributed by atoms with Crippen molar-refractivity contribution in [1.29, 1.82) is 0 Å². The molecule has 0 radical (unpaired) electrons. The molecule has 0 bridgehead atoms. The van der Waals surface area contributed by atoms with Crippen LogP contribution >= 0.6 is 11.3 Å². The zero-order valence-corrected chi connectivity index (χ0v) is 13.7. The number of benzene rings is 2. The first-order chi connectivity index (χ1) is 11.8. The lowest BCUT2D eigenvalue weighted by molar-refractivity contribution is 1.24. The number of anilines is 1. The number of hydrogen-bond donors (Lipinski definition) is 1. The monoisotopic (exact) mass is 329 g/mol. The number of rotatable bonds is 3. The summed E-state index contributed by atoms with van der Waals surface area (Å²) in [7, 11) is 0. The number of thiophene rings is 1. The summed E-state index contributed by atoms with van der Waals surface area (Å²) in [6, 6.07) is 22.2. The Labute approximate surface area is 144 Å². The summed E-state index contributed by atoms with van der Waals surface area (Å²) in [5, 5.41) is 0.910. The largest absolute Gasteiger partial charge is 0.383 e. The lowest BCUT2D eigenvalue weighted by atomic mass is 10.2. The highest BCUT2D eigenvalue weighted by molar-refractivity contribution is 7.19. The molecule has 0 fully saturated rings. The minimum atomic E-state index is 0.523. The summed E-state index contributed by atoms with van der Waals surface area (Å²) in [5.41, 5.74) is 8.29. The van der Waals surface area contributed by atoms with E-state index in [0.717, 1.165) is 20.7 Å². The van der Waals surface area contributed by atoms with Crippen molar-refractivity contribution in [2.24, 2.45) is 0 Å². The Morgan fingerprint density at radius 1 is 0.833 bits per heavy atom. The number of nitrogen functional groups attached to an aromatic ring is 1. The minimum absolute atomic E-state index is 0.523. The van der Waals surface area contributed by atoms with E-state index in [9.17, 15) is 0 Å². The van der Waals surface area contributed by atoms with E-state index in [1.807, 2.05) is 54.6 Å². The molecule has 3 nitrogen and oxygen atoms in total. The third kappa shape index (κ3) is 2.92. The molecule has 0 atom stereocenters. The van der Waals surface area contributed by atoms with Crippen molar-refractivity contribution in [3.05, 3.63) is 77.2 Å². The van der Waals surface area contributed by atoms with Crippen LogP contribution in [0.15, 0.2) is 66.7 Å². The van der Waals surface area contributed by atoms with Crippen LogP contribution in [0.1, 0.15) is 10.4 Å². The van der Waals surface area contributed by atoms with Gasteiger partial charge >= 0.3 is 0 Å². The van der Waals surface area contributed by atoms with Gasteiger partial charge in [-0.05, 0) is 17.7 Å². The Morgan fingerprint density at radius 3 is 2.29 bits per heavy atom. The molecule has 0 spiro atoms. The van der Waals surface area contributed by atoms with E-state index in [2.05, 4.69) is 34.3 Å². The molecule has 2 aromatic carbocycles. The van der Waals surface area contributed by atoms with E-state index in [0.29, 0.717) is 11.6 Å². The van der Waals surface area contributed by atoms with Crippen LogP contribution in [-0.2, 0) is 0 Å². The minimum Gasteiger partial charge on any atom is -0.383 e. The molecule has 4 heteroatoms. The van der Waals surface area contributed by atoms with Crippen LogP contribution in [0.3, 0.4) is 0 Å². The fourth-order valence-corrected chi connectivity index (χ4v) is 3.44. The topological polar surface area (TPSA) is 51.8 Å². The molecule has 0 aliphatic carbocycles. The lowest BCUT2D eigenvalue weighted by Crippen LogP contribution is -1.95. The average Bonchev–Trinajstić information content (AvgIpc) is 3.05. The van der Waals surface area contributed by atoms with Crippen molar-refractivity contribution in [3.63, 3.8) is 0 Å². The fraction of sp³-hybridized carbons (Fsp3) is 0. The van der Waals surface area contributed by atoms with Crippen LogP contribution in [0.25, 0.3) is 33.8 Å². The Bertz CT molecular complexity index is 1010. The summed E-state index contributed by atoms with van der Waals surface area (Å²) in [6.07, 6.45) is 4.18. The van der Waals surface area contributed by atoms with Crippen molar-refractivity contribution in [2.45, 2.75) is 0 Å². The van der Waals surface area contributed by atoms with E-state index in [4.69, 9.17) is 5.73 Å². The maximum absolute atomic E-state index is 6.15. The fourth-order valence-electron chi connectivity index (χ4n) is 2.50. The van der Waals surface area contributed by atoms with Gasteiger partial charge in [0.1, 0.15) is 10.6 Å². The van der Waals surface area contributed by atoms with Crippen LogP contribution in [-0.4, -0.2) is 9.97 Å². The van der Waals surface area contributed by atoms with Gasteiger partial charge in [-0.25, -0.2) is 9.97 Å². The standard InChI is InChI=1S/C20H15N3S/c21-18-17-13-16(12-11-14-7-3-1-4-8-14)24-20(17)23-19(22-18)15-9-5-2-6-10-15/h1-13H,(H2,21,22,23)/b12-11+. The highest BCUT2D eigenvalue weighted by Gasteiger charge is 2.10. The van der Waals surface area contributed by atoms with Gasteiger partial charge in [0.15, 0.2) is 5.82 Å². The maximum Gasteiger partial charge on any atom is 0.163 e. The van der Waals surface area contributed by atoms with Crippen LogP contribution in [0.4, 0.5) is 5.82 Å².